The highest BCUT2D eigenvalue weighted by Gasteiger charge is 2.28. The van der Waals surface area contributed by atoms with Crippen LogP contribution in [0.1, 0.15) is 17.3 Å². The molecule has 8 heteroatoms. The van der Waals surface area contributed by atoms with E-state index in [4.69, 9.17) is 4.74 Å². The molecular formula is C13H17BrN2O4S. The normalized spacial score (nSPS) is 16.7. The van der Waals surface area contributed by atoms with Gasteiger partial charge >= 0.3 is 5.97 Å². The number of nitrogens with zero attached hydrogens (tertiary/aromatic N) is 1. The number of esters is 1. The molecule has 21 heavy (non-hydrogen) atoms. The molecule has 0 amide bonds. The molecule has 0 aliphatic carbocycles. The van der Waals surface area contributed by atoms with E-state index in [0.717, 1.165) is 0 Å². The van der Waals surface area contributed by atoms with Crippen LogP contribution >= 0.6 is 15.9 Å². The Kier molecular flexibility index (Phi) is 5.37. The summed E-state index contributed by atoms with van der Waals surface area (Å²) in [5, 5.41) is 3.11. The average Bonchev–Trinajstić information content (AvgIpc) is 2.48. The van der Waals surface area contributed by atoms with Gasteiger partial charge in [0.05, 0.1) is 17.1 Å². The smallest absolute Gasteiger partial charge is 0.338 e. The SMILES string of the molecule is CCOC(=O)c1ccc(S(=O)(=O)N2CCNCC2)c(Br)c1. The van der Waals surface area contributed by atoms with Gasteiger partial charge in [-0.2, -0.15) is 4.31 Å². The summed E-state index contributed by atoms with van der Waals surface area (Å²) in [6.45, 7) is 4.14. The maximum atomic E-state index is 12.6. The van der Waals surface area contributed by atoms with Gasteiger partial charge in [0.1, 0.15) is 0 Å². The van der Waals surface area contributed by atoms with Crippen LogP contribution in [0, 0.1) is 0 Å². The summed E-state index contributed by atoms with van der Waals surface area (Å²) < 4.78 is 31.8. The van der Waals surface area contributed by atoms with Crippen molar-refractivity contribution in [2.75, 3.05) is 32.8 Å². The zero-order chi connectivity index (χ0) is 15.5. The lowest BCUT2D eigenvalue weighted by Crippen LogP contribution is -2.46. The molecule has 0 saturated carbocycles. The van der Waals surface area contributed by atoms with Gasteiger partial charge in [-0.15, -0.1) is 0 Å². The monoisotopic (exact) mass is 376 g/mol. The van der Waals surface area contributed by atoms with Gasteiger partial charge < -0.3 is 10.1 Å². The molecule has 0 unspecified atom stereocenters. The first-order valence-electron chi connectivity index (χ1n) is 6.64. The molecule has 0 atom stereocenters. The highest BCUT2D eigenvalue weighted by Crippen LogP contribution is 2.26. The number of carbonyl (C=O) groups is 1. The number of benzene rings is 1. The molecule has 0 spiro atoms. The molecule has 2 rings (SSSR count). The van der Waals surface area contributed by atoms with E-state index in [2.05, 4.69) is 21.2 Å². The number of piperazine rings is 1. The molecular weight excluding hydrogens is 360 g/mol. The lowest BCUT2D eigenvalue weighted by Gasteiger charge is -2.27. The first kappa shape index (κ1) is 16.4. The van der Waals surface area contributed by atoms with Crippen molar-refractivity contribution in [3.8, 4) is 0 Å². The highest BCUT2D eigenvalue weighted by molar-refractivity contribution is 9.10. The van der Waals surface area contributed by atoms with E-state index >= 15 is 0 Å². The van der Waals surface area contributed by atoms with Crippen molar-refractivity contribution in [1.29, 1.82) is 0 Å². The Bertz CT molecular complexity index is 627. The maximum Gasteiger partial charge on any atom is 0.338 e. The lowest BCUT2D eigenvalue weighted by atomic mass is 10.2. The van der Waals surface area contributed by atoms with Gasteiger partial charge in [0.2, 0.25) is 10.0 Å². The molecule has 116 valence electrons. The van der Waals surface area contributed by atoms with Gasteiger partial charge in [-0.05, 0) is 41.1 Å². The van der Waals surface area contributed by atoms with Crippen molar-refractivity contribution in [2.45, 2.75) is 11.8 Å². The van der Waals surface area contributed by atoms with Crippen LogP contribution in [0.3, 0.4) is 0 Å². The molecule has 6 nitrogen and oxygen atoms in total. The van der Waals surface area contributed by atoms with E-state index in [1.165, 1.54) is 22.5 Å². The summed E-state index contributed by atoms with van der Waals surface area (Å²) in [6.07, 6.45) is 0. The molecule has 1 aliphatic heterocycles. The first-order valence-corrected chi connectivity index (χ1v) is 8.87. The molecule has 1 aliphatic rings. The van der Waals surface area contributed by atoms with E-state index in [0.29, 0.717) is 36.2 Å². The third-order valence-electron chi connectivity index (χ3n) is 3.14. The maximum absolute atomic E-state index is 12.6. The van der Waals surface area contributed by atoms with Gasteiger partial charge in [0, 0.05) is 30.7 Å². The summed E-state index contributed by atoms with van der Waals surface area (Å²) >= 11 is 3.24. The lowest BCUT2D eigenvalue weighted by molar-refractivity contribution is 0.0526. The number of ether oxygens (including phenoxy) is 1. The Morgan fingerprint density at radius 1 is 1.38 bits per heavy atom. The number of sulfonamides is 1. The number of nitrogens with one attached hydrogen (secondary N) is 1. The van der Waals surface area contributed by atoms with Crippen molar-refractivity contribution < 1.29 is 17.9 Å². The predicted octanol–water partition coefficient (Wildman–Crippen LogP) is 1.22. The summed E-state index contributed by atoms with van der Waals surface area (Å²) in [5.41, 5.74) is 0.322. The molecule has 1 aromatic rings. The predicted molar refractivity (Wildman–Crippen MR) is 81.7 cm³/mol. The average molecular weight is 377 g/mol. The van der Waals surface area contributed by atoms with E-state index in [1.54, 1.807) is 6.92 Å². The third-order valence-corrected chi connectivity index (χ3v) is 6.01. The summed E-state index contributed by atoms with van der Waals surface area (Å²) in [5.74, 6) is -0.468. The molecule has 0 bridgehead atoms. The second-order valence-electron chi connectivity index (χ2n) is 4.52. The third kappa shape index (κ3) is 3.63. The van der Waals surface area contributed by atoms with Crippen LogP contribution in [-0.4, -0.2) is 51.5 Å². The van der Waals surface area contributed by atoms with Crippen LogP contribution in [0.4, 0.5) is 0 Å². The van der Waals surface area contributed by atoms with E-state index in [1.807, 2.05) is 0 Å². The van der Waals surface area contributed by atoms with Crippen molar-refractivity contribution in [3.63, 3.8) is 0 Å². The van der Waals surface area contributed by atoms with Gasteiger partial charge in [-0.3, -0.25) is 0 Å². The fourth-order valence-electron chi connectivity index (χ4n) is 2.08. The second kappa shape index (κ2) is 6.87. The Hall–Kier alpha value is -0.960. The first-order chi connectivity index (χ1) is 9.96. The van der Waals surface area contributed by atoms with E-state index < -0.39 is 16.0 Å². The number of hydrogen-bond acceptors (Lipinski definition) is 5. The van der Waals surface area contributed by atoms with Gasteiger partial charge in [-0.25, -0.2) is 13.2 Å². The largest absolute Gasteiger partial charge is 0.462 e. The Balaban J connectivity index is 2.29. The summed E-state index contributed by atoms with van der Waals surface area (Å²) in [6, 6.07) is 4.39. The van der Waals surface area contributed by atoms with Crippen LogP contribution in [0.5, 0.6) is 0 Å². The molecule has 1 heterocycles. The fraction of sp³-hybridized carbons (Fsp3) is 0.462. The molecule has 0 aromatic heterocycles. The van der Waals surface area contributed by atoms with Crippen LogP contribution in [-0.2, 0) is 14.8 Å². The minimum Gasteiger partial charge on any atom is -0.462 e. The fourth-order valence-corrected chi connectivity index (χ4v) is 4.55. The quantitative estimate of drug-likeness (QED) is 0.799. The van der Waals surface area contributed by atoms with Crippen LogP contribution in [0.25, 0.3) is 0 Å². The Morgan fingerprint density at radius 3 is 2.62 bits per heavy atom. The van der Waals surface area contributed by atoms with Crippen molar-refractivity contribution in [3.05, 3.63) is 28.2 Å². The van der Waals surface area contributed by atoms with Gasteiger partial charge in [0.15, 0.2) is 0 Å². The Labute approximate surface area is 132 Å². The standard InChI is InChI=1S/C13H17BrN2O4S/c1-2-20-13(17)10-3-4-12(11(14)9-10)21(18,19)16-7-5-15-6-8-16/h3-4,9,15H,2,5-8H2,1H3. The molecule has 1 saturated heterocycles. The second-order valence-corrected chi connectivity index (χ2v) is 7.28. The van der Waals surface area contributed by atoms with Crippen molar-refractivity contribution in [2.24, 2.45) is 0 Å². The molecule has 1 aromatic carbocycles. The Morgan fingerprint density at radius 2 is 2.05 bits per heavy atom. The number of rotatable bonds is 4. The van der Waals surface area contributed by atoms with Crippen LogP contribution in [0.15, 0.2) is 27.6 Å². The minimum atomic E-state index is -3.55. The highest BCUT2D eigenvalue weighted by atomic mass is 79.9. The number of halogens is 1. The molecule has 0 radical (unpaired) electrons. The van der Waals surface area contributed by atoms with Crippen LogP contribution in [0.2, 0.25) is 0 Å². The van der Waals surface area contributed by atoms with E-state index in [-0.39, 0.29) is 11.5 Å². The van der Waals surface area contributed by atoms with Crippen LogP contribution < -0.4 is 5.32 Å². The number of hydrogen-bond donors (Lipinski definition) is 1. The zero-order valence-electron chi connectivity index (χ0n) is 11.6. The summed E-state index contributed by atoms with van der Waals surface area (Å²) in [4.78, 5) is 11.8. The number of carbonyl (C=O) groups excluding carboxylic acids is 1. The molecule has 1 N–H and O–H groups in total. The zero-order valence-corrected chi connectivity index (χ0v) is 14.0. The van der Waals surface area contributed by atoms with Crippen molar-refractivity contribution >= 4 is 31.9 Å². The molecule has 1 fully saturated rings. The van der Waals surface area contributed by atoms with E-state index in [9.17, 15) is 13.2 Å². The summed E-state index contributed by atoms with van der Waals surface area (Å²) in [7, 11) is -3.55. The van der Waals surface area contributed by atoms with Gasteiger partial charge in [-0.1, -0.05) is 0 Å². The van der Waals surface area contributed by atoms with Crippen molar-refractivity contribution in [1.82, 2.24) is 9.62 Å². The van der Waals surface area contributed by atoms with Gasteiger partial charge in [0.25, 0.3) is 0 Å². The topological polar surface area (TPSA) is 75.7 Å². The minimum absolute atomic E-state index is 0.164.